The summed E-state index contributed by atoms with van der Waals surface area (Å²) in [5, 5.41) is 3.46. The number of aryl methyl sites for hydroxylation is 1. The summed E-state index contributed by atoms with van der Waals surface area (Å²) in [6.07, 6.45) is 6.54. The van der Waals surface area contributed by atoms with E-state index in [9.17, 15) is 9.59 Å². The van der Waals surface area contributed by atoms with Crippen LogP contribution in [0.4, 0.5) is 5.69 Å². The Bertz CT molecular complexity index is 876. The molecule has 0 radical (unpaired) electrons. The Morgan fingerprint density at radius 1 is 1.38 bits per heavy atom. The average molecular weight is 373 g/mol. The van der Waals surface area contributed by atoms with E-state index in [4.69, 9.17) is 0 Å². The number of carbonyl (C=O) groups is 1. The summed E-state index contributed by atoms with van der Waals surface area (Å²) < 4.78 is 1.41. The maximum atomic E-state index is 12.8. The number of nitrogens with one attached hydrogen (secondary N) is 1. The molecule has 8 heteroatoms. The largest absolute Gasteiger partial charge is 0.378 e. The molecule has 2 aromatic heterocycles. The third-order valence-electron chi connectivity index (χ3n) is 3.54. The van der Waals surface area contributed by atoms with E-state index in [0.717, 1.165) is 10.7 Å². The summed E-state index contributed by atoms with van der Waals surface area (Å²) >= 11 is 1.29. The lowest BCUT2D eigenvalue weighted by Gasteiger charge is -2.13. The minimum absolute atomic E-state index is 0.125. The zero-order chi connectivity index (χ0) is 19.3. The standard InChI is InChI=1S/C18H23N5O2S/c1-12(21-14(3)24)7-9-23-11-20-13(2)17(18(23)25)26-16-10-15(22(4)5)6-8-19-16/h6-12H,1-5H3,(H,21,24)/b9-7+. The highest BCUT2D eigenvalue weighted by atomic mass is 32.2. The van der Waals surface area contributed by atoms with Gasteiger partial charge in [-0.3, -0.25) is 14.2 Å². The van der Waals surface area contributed by atoms with Crippen LogP contribution in [0.3, 0.4) is 0 Å². The maximum absolute atomic E-state index is 12.8. The van der Waals surface area contributed by atoms with Gasteiger partial charge in [0, 0.05) is 45.1 Å². The van der Waals surface area contributed by atoms with Crippen molar-refractivity contribution in [1.82, 2.24) is 19.9 Å². The molecule has 138 valence electrons. The van der Waals surface area contributed by atoms with E-state index in [1.807, 2.05) is 38.1 Å². The summed E-state index contributed by atoms with van der Waals surface area (Å²) in [4.78, 5) is 35.0. The molecule has 1 amide bonds. The maximum Gasteiger partial charge on any atom is 0.271 e. The van der Waals surface area contributed by atoms with Crippen molar-refractivity contribution < 1.29 is 4.79 Å². The zero-order valence-corrected chi connectivity index (χ0v) is 16.4. The van der Waals surface area contributed by atoms with Crippen LogP contribution in [0.15, 0.2) is 45.4 Å². The molecule has 1 N–H and O–H groups in total. The van der Waals surface area contributed by atoms with Gasteiger partial charge < -0.3 is 10.2 Å². The van der Waals surface area contributed by atoms with Gasteiger partial charge >= 0.3 is 0 Å². The van der Waals surface area contributed by atoms with E-state index in [1.165, 1.54) is 29.6 Å². The van der Waals surface area contributed by atoms with Gasteiger partial charge in [-0.25, -0.2) is 9.97 Å². The number of amides is 1. The SMILES string of the molecule is CC(=O)NC(C)/C=C/n1cnc(C)c(Sc2cc(N(C)C)ccn2)c1=O. The Labute approximate surface area is 157 Å². The van der Waals surface area contributed by atoms with Gasteiger partial charge in [0.2, 0.25) is 5.91 Å². The van der Waals surface area contributed by atoms with Crippen LogP contribution >= 0.6 is 11.8 Å². The molecule has 26 heavy (non-hydrogen) atoms. The number of rotatable bonds is 6. The Hall–Kier alpha value is -2.61. The van der Waals surface area contributed by atoms with Crippen LogP contribution in [-0.4, -0.2) is 40.6 Å². The van der Waals surface area contributed by atoms with Crippen molar-refractivity contribution in [3.05, 3.63) is 46.8 Å². The highest BCUT2D eigenvalue weighted by Crippen LogP contribution is 2.27. The second-order valence-electron chi connectivity index (χ2n) is 6.05. The molecular weight excluding hydrogens is 350 g/mol. The molecule has 2 aromatic rings. The molecular formula is C18H23N5O2S. The molecule has 2 rings (SSSR count). The van der Waals surface area contributed by atoms with Crippen LogP contribution in [-0.2, 0) is 4.79 Å². The first-order valence-corrected chi connectivity index (χ1v) is 8.94. The molecule has 0 aliphatic rings. The first-order chi connectivity index (χ1) is 12.3. The van der Waals surface area contributed by atoms with Gasteiger partial charge in [0.05, 0.1) is 5.69 Å². The second-order valence-corrected chi connectivity index (χ2v) is 7.08. The summed E-state index contributed by atoms with van der Waals surface area (Å²) in [6.45, 7) is 5.08. The number of hydrogen-bond acceptors (Lipinski definition) is 6. The van der Waals surface area contributed by atoms with Crippen molar-refractivity contribution in [3.8, 4) is 0 Å². The normalized spacial score (nSPS) is 12.2. The second kappa shape index (κ2) is 8.66. The lowest BCUT2D eigenvalue weighted by atomic mass is 10.3. The molecule has 0 aliphatic carbocycles. The van der Waals surface area contributed by atoms with Gasteiger partial charge in [0.1, 0.15) is 16.2 Å². The molecule has 1 atom stereocenters. The van der Waals surface area contributed by atoms with Crippen LogP contribution in [0.25, 0.3) is 6.20 Å². The Morgan fingerprint density at radius 3 is 2.77 bits per heavy atom. The van der Waals surface area contributed by atoms with Gasteiger partial charge in [-0.15, -0.1) is 0 Å². The summed E-state index contributed by atoms with van der Waals surface area (Å²) in [6, 6.07) is 3.65. The third-order valence-corrected chi connectivity index (χ3v) is 4.65. The predicted molar refractivity (Wildman–Crippen MR) is 105 cm³/mol. The van der Waals surface area contributed by atoms with Crippen LogP contribution in [0.5, 0.6) is 0 Å². The number of aromatic nitrogens is 3. The zero-order valence-electron chi connectivity index (χ0n) is 15.6. The first-order valence-electron chi connectivity index (χ1n) is 8.12. The van der Waals surface area contributed by atoms with Crippen molar-refractivity contribution >= 4 is 29.6 Å². The van der Waals surface area contributed by atoms with Crippen LogP contribution in [0, 0.1) is 6.92 Å². The number of carbonyl (C=O) groups excluding carboxylic acids is 1. The van der Waals surface area contributed by atoms with Crippen molar-refractivity contribution in [1.29, 1.82) is 0 Å². The minimum atomic E-state index is -0.185. The van der Waals surface area contributed by atoms with E-state index in [-0.39, 0.29) is 17.5 Å². The highest BCUT2D eigenvalue weighted by molar-refractivity contribution is 7.99. The van der Waals surface area contributed by atoms with Gasteiger partial charge in [-0.1, -0.05) is 11.8 Å². The molecule has 0 aromatic carbocycles. The summed E-state index contributed by atoms with van der Waals surface area (Å²) in [5.74, 6) is -0.125. The van der Waals surface area contributed by atoms with Crippen molar-refractivity contribution in [2.24, 2.45) is 0 Å². The topological polar surface area (TPSA) is 80.1 Å². The van der Waals surface area contributed by atoms with E-state index in [2.05, 4.69) is 15.3 Å². The number of hydrogen-bond donors (Lipinski definition) is 1. The van der Waals surface area contributed by atoms with Crippen LogP contribution in [0.2, 0.25) is 0 Å². The smallest absolute Gasteiger partial charge is 0.271 e. The van der Waals surface area contributed by atoms with Gasteiger partial charge in [0.25, 0.3) is 5.56 Å². The molecule has 7 nitrogen and oxygen atoms in total. The van der Waals surface area contributed by atoms with Crippen LogP contribution in [0.1, 0.15) is 19.5 Å². The quantitative estimate of drug-likeness (QED) is 0.836. The fourth-order valence-electron chi connectivity index (χ4n) is 2.18. The monoisotopic (exact) mass is 373 g/mol. The minimum Gasteiger partial charge on any atom is -0.378 e. The van der Waals surface area contributed by atoms with Crippen molar-refractivity contribution in [2.45, 2.75) is 36.7 Å². The Morgan fingerprint density at radius 2 is 2.12 bits per heavy atom. The van der Waals surface area contributed by atoms with E-state index >= 15 is 0 Å². The fourth-order valence-corrected chi connectivity index (χ4v) is 3.08. The van der Waals surface area contributed by atoms with Gasteiger partial charge in [0.15, 0.2) is 0 Å². The molecule has 0 bridgehead atoms. The number of pyridine rings is 1. The van der Waals surface area contributed by atoms with E-state index in [0.29, 0.717) is 10.6 Å². The summed E-state index contributed by atoms with van der Waals surface area (Å²) in [5.41, 5.74) is 1.48. The lowest BCUT2D eigenvalue weighted by molar-refractivity contribution is -0.119. The summed E-state index contributed by atoms with van der Waals surface area (Å²) in [7, 11) is 3.90. The Kier molecular flexibility index (Phi) is 6.57. The van der Waals surface area contributed by atoms with Crippen LogP contribution < -0.4 is 15.8 Å². The van der Waals surface area contributed by atoms with Crippen molar-refractivity contribution in [3.63, 3.8) is 0 Å². The molecule has 2 heterocycles. The molecule has 0 fully saturated rings. The fraction of sp³-hybridized carbons (Fsp3) is 0.333. The van der Waals surface area contributed by atoms with Gasteiger partial charge in [-0.05, 0) is 32.1 Å². The highest BCUT2D eigenvalue weighted by Gasteiger charge is 2.11. The molecule has 0 spiro atoms. The Balaban J connectivity index is 2.30. The van der Waals surface area contributed by atoms with Gasteiger partial charge in [-0.2, -0.15) is 0 Å². The number of anilines is 1. The molecule has 0 aliphatic heterocycles. The molecule has 1 unspecified atom stereocenters. The third kappa shape index (κ3) is 5.19. The number of nitrogens with zero attached hydrogens (tertiary/aromatic N) is 4. The average Bonchev–Trinajstić information content (AvgIpc) is 2.57. The van der Waals surface area contributed by atoms with E-state index in [1.54, 1.807) is 25.4 Å². The molecule has 0 saturated heterocycles. The van der Waals surface area contributed by atoms with E-state index < -0.39 is 0 Å². The predicted octanol–water partition coefficient (Wildman–Crippen LogP) is 2.16. The first kappa shape index (κ1) is 19.7. The lowest BCUT2D eigenvalue weighted by Crippen LogP contribution is -2.29. The molecule has 0 saturated carbocycles. The van der Waals surface area contributed by atoms with Crippen molar-refractivity contribution in [2.75, 3.05) is 19.0 Å².